The van der Waals surface area contributed by atoms with Gasteiger partial charge in [-0.2, -0.15) is 13.2 Å². The zero-order valence-electron chi connectivity index (χ0n) is 22.7. The van der Waals surface area contributed by atoms with E-state index in [-0.39, 0.29) is 16.4 Å². The molecule has 6 rings (SSSR count). The van der Waals surface area contributed by atoms with Crippen molar-refractivity contribution in [1.82, 2.24) is 9.88 Å². The molecule has 218 valence electrons. The van der Waals surface area contributed by atoms with Crippen LogP contribution in [0, 0.1) is 0 Å². The fourth-order valence-corrected chi connectivity index (χ4v) is 5.49. The monoisotopic (exact) mass is 627 g/mol. The predicted molar refractivity (Wildman–Crippen MR) is 169 cm³/mol. The zero-order valence-corrected chi connectivity index (χ0v) is 24.3. The molecule has 0 atom stereocenters. The Morgan fingerprint density at radius 3 is 2.02 bits per heavy atom. The summed E-state index contributed by atoms with van der Waals surface area (Å²) in [5.74, 6) is -1.61. The Balaban J connectivity index is 1.57. The lowest BCUT2D eigenvalue weighted by Gasteiger charge is -2.29. The van der Waals surface area contributed by atoms with Crippen LogP contribution in [0.15, 0.2) is 121 Å². The minimum atomic E-state index is -4.64. The first-order valence-electron chi connectivity index (χ1n) is 13.3. The number of carbonyl (C=O) groups is 2. The van der Waals surface area contributed by atoms with Crippen molar-refractivity contribution in [1.29, 1.82) is 0 Å². The van der Waals surface area contributed by atoms with Gasteiger partial charge in [0.2, 0.25) is 0 Å². The fraction of sp³-hybridized carbons (Fsp3) is 0.0294. The van der Waals surface area contributed by atoms with Crippen molar-refractivity contribution in [3.8, 4) is 28.2 Å². The summed E-state index contributed by atoms with van der Waals surface area (Å²) in [5.41, 5.74) is 3.07. The molecular weight excluding hydrogens is 607 g/mol. The Bertz CT molecular complexity index is 1940. The van der Waals surface area contributed by atoms with Gasteiger partial charge < -0.3 is 4.57 Å². The van der Waals surface area contributed by atoms with Crippen LogP contribution >= 0.6 is 23.8 Å². The lowest BCUT2D eigenvalue weighted by Crippen LogP contribution is -2.54. The number of alkyl halides is 3. The molecule has 44 heavy (non-hydrogen) atoms. The van der Waals surface area contributed by atoms with Gasteiger partial charge in [-0.15, -0.1) is 0 Å². The number of anilines is 1. The van der Waals surface area contributed by atoms with E-state index in [0.717, 1.165) is 39.5 Å². The van der Waals surface area contributed by atoms with Crippen LogP contribution in [0.3, 0.4) is 0 Å². The van der Waals surface area contributed by atoms with Gasteiger partial charge in [-0.25, -0.2) is 0 Å². The maximum Gasteiger partial charge on any atom is 0.416 e. The maximum atomic E-state index is 13.8. The molecule has 0 bridgehead atoms. The lowest BCUT2D eigenvalue weighted by atomic mass is 10.0. The minimum Gasteiger partial charge on any atom is -0.309 e. The van der Waals surface area contributed by atoms with Crippen LogP contribution in [0.2, 0.25) is 5.02 Å². The summed E-state index contributed by atoms with van der Waals surface area (Å²) in [6.07, 6.45) is -3.19. The summed E-state index contributed by atoms with van der Waals surface area (Å²) in [6, 6.07) is 32.4. The second kappa shape index (κ2) is 11.6. The topological polar surface area (TPSA) is 54.3 Å². The lowest BCUT2D eigenvalue weighted by molar-refractivity contribution is -0.137. The normalized spacial score (nSPS) is 14.7. The molecule has 1 N–H and O–H groups in total. The van der Waals surface area contributed by atoms with Crippen molar-refractivity contribution in [3.05, 3.63) is 137 Å². The first-order valence-corrected chi connectivity index (χ1v) is 14.1. The average Bonchev–Trinajstić information content (AvgIpc) is 3.39. The Hall–Kier alpha value is -4.99. The number of aromatic nitrogens is 1. The summed E-state index contributed by atoms with van der Waals surface area (Å²) >= 11 is 11.4. The number of benzene rings is 4. The molecule has 0 radical (unpaired) electrons. The van der Waals surface area contributed by atoms with Crippen LogP contribution in [-0.2, 0) is 15.8 Å². The van der Waals surface area contributed by atoms with Gasteiger partial charge in [-0.3, -0.25) is 19.8 Å². The van der Waals surface area contributed by atoms with Crippen LogP contribution in [0.25, 0.3) is 34.3 Å². The first kappa shape index (κ1) is 29.1. The van der Waals surface area contributed by atoms with Gasteiger partial charge in [0, 0.05) is 16.3 Å². The minimum absolute atomic E-state index is 0.118. The molecule has 0 unspecified atom stereocenters. The van der Waals surface area contributed by atoms with Crippen LogP contribution in [0.4, 0.5) is 18.9 Å². The van der Waals surface area contributed by atoms with E-state index in [1.165, 1.54) is 18.2 Å². The Morgan fingerprint density at radius 2 is 1.39 bits per heavy atom. The molecule has 1 aliphatic heterocycles. The van der Waals surface area contributed by atoms with E-state index < -0.39 is 23.6 Å². The Kier molecular flexibility index (Phi) is 7.67. The summed E-state index contributed by atoms with van der Waals surface area (Å²) in [4.78, 5) is 28.0. The van der Waals surface area contributed by atoms with Crippen molar-refractivity contribution in [2.24, 2.45) is 0 Å². The zero-order chi connectivity index (χ0) is 31.0. The number of hydrogen-bond donors (Lipinski definition) is 1. The highest BCUT2D eigenvalue weighted by Crippen LogP contribution is 2.38. The van der Waals surface area contributed by atoms with Crippen molar-refractivity contribution in [2.75, 3.05) is 4.90 Å². The molecule has 0 aliphatic carbocycles. The highest BCUT2D eigenvalue weighted by atomic mass is 35.5. The van der Waals surface area contributed by atoms with Gasteiger partial charge in [0.1, 0.15) is 5.57 Å². The molecule has 1 saturated heterocycles. The van der Waals surface area contributed by atoms with Gasteiger partial charge in [-0.1, -0.05) is 78.3 Å². The highest BCUT2D eigenvalue weighted by molar-refractivity contribution is 7.80. The Labute approximate surface area is 260 Å². The molecule has 2 heterocycles. The van der Waals surface area contributed by atoms with Crippen LogP contribution in [0.5, 0.6) is 0 Å². The fourth-order valence-electron chi connectivity index (χ4n) is 5.08. The SMILES string of the molecule is O=C1NC(=S)N(c2cccc(C(F)(F)F)c2)C(=O)/C1=C\c1cc(-c2ccccc2)n(-c2ccc(Cl)cc2)c1-c1ccccc1. The number of carbonyl (C=O) groups excluding carboxylic acids is 2. The van der Waals surface area contributed by atoms with Crippen molar-refractivity contribution < 1.29 is 22.8 Å². The van der Waals surface area contributed by atoms with Crippen LogP contribution in [-0.4, -0.2) is 21.5 Å². The van der Waals surface area contributed by atoms with Crippen molar-refractivity contribution in [3.63, 3.8) is 0 Å². The van der Waals surface area contributed by atoms with Gasteiger partial charge in [0.25, 0.3) is 11.8 Å². The van der Waals surface area contributed by atoms with Gasteiger partial charge in [0.15, 0.2) is 5.11 Å². The van der Waals surface area contributed by atoms with Crippen LogP contribution in [0.1, 0.15) is 11.1 Å². The molecule has 0 spiro atoms. The summed E-state index contributed by atoms with van der Waals surface area (Å²) < 4.78 is 42.4. The maximum absolute atomic E-state index is 13.8. The molecule has 1 aromatic heterocycles. The number of halogens is 4. The van der Waals surface area contributed by atoms with E-state index >= 15 is 0 Å². The third-order valence-electron chi connectivity index (χ3n) is 7.06. The van der Waals surface area contributed by atoms with Crippen LogP contribution < -0.4 is 10.2 Å². The second-order valence-corrected chi connectivity index (χ2v) is 10.7. The van der Waals surface area contributed by atoms with Crippen molar-refractivity contribution in [2.45, 2.75) is 6.18 Å². The summed E-state index contributed by atoms with van der Waals surface area (Å²) in [5, 5.41) is 2.70. The standard InChI is InChI=1S/C34H21ClF3N3O2S/c35-25-14-16-26(17-15-25)40-29(21-8-3-1-4-9-21)19-23(30(40)22-10-5-2-6-11-22)18-28-31(42)39-33(44)41(32(28)43)27-13-7-12-24(20-27)34(36,37)38/h1-20H,(H,39,42,44)/b28-18-. The first-order chi connectivity index (χ1) is 21.1. The second-order valence-electron chi connectivity index (χ2n) is 9.88. The smallest absolute Gasteiger partial charge is 0.309 e. The van der Waals surface area contributed by atoms with E-state index in [4.69, 9.17) is 23.8 Å². The van der Waals surface area contributed by atoms with Gasteiger partial charge in [0.05, 0.1) is 22.6 Å². The number of rotatable bonds is 5. The van der Waals surface area contributed by atoms with Gasteiger partial charge >= 0.3 is 6.18 Å². The quantitative estimate of drug-likeness (QED) is 0.121. The number of amides is 2. The van der Waals surface area contributed by atoms with Gasteiger partial charge in [-0.05, 0) is 78.0 Å². The molecule has 1 aliphatic rings. The summed E-state index contributed by atoms with van der Waals surface area (Å²) in [7, 11) is 0. The molecule has 5 aromatic rings. The number of thiocarbonyl (C=S) groups is 1. The molecule has 4 aromatic carbocycles. The molecular formula is C34H21ClF3N3O2S. The highest BCUT2D eigenvalue weighted by Gasteiger charge is 2.37. The summed E-state index contributed by atoms with van der Waals surface area (Å²) in [6.45, 7) is 0. The number of hydrogen-bond acceptors (Lipinski definition) is 3. The number of nitrogens with one attached hydrogen (secondary N) is 1. The molecule has 0 saturated carbocycles. The predicted octanol–water partition coefficient (Wildman–Crippen LogP) is 8.31. The third kappa shape index (κ3) is 5.55. The van der Waals surface area contributed by atoms with E-state index in [1.54, 1.807) is 12.1 Å². The van der Waals surface area contributed by atoms with Crippen molar-refractivity contribution >= 4 is 52.5 Å². The third-order valence-corrected chi connectivity index (χ3v) is 7.60. The largest absolute Gasteiger partial charge is 0.416 e. The van der Waals surface area contributed by atoms with E-state index in [9.17, 15) is 22.8 Å². The van der Waals surface area contributed by atoms with E-state index in [1.807, 2.05) is 83.4 Å². The Morgan fingerprint density at radius 1 is 0.750 bits per heavy atom. The molecule has 10 heteroatoms. The number of nitrogens with zero attached hydrogens (tertiary/aromatic N) is 2. The molecule has 5 nitrogen and oxygen atoms in total. The van der Waals surface area contributed by atoms with E-state index in [2.05, 4.69) is 5.32 Å². The molecule has 2 amide bonds. The average molecular weight is 628 g/mol. The van der Waals surface area contributed by atoms with E-state index in [0.29, 0.717) is 16.3 Å². The molecule has 1 fully saturated rings.